The van der Waals surface area contributed by atoms with Gasteiger partial charge in [0.15, 0.2) is 9.84 Å². The maximum absolute atomic E-state index is 11.4. The van der Waals surface area contributed by atoms with Crippen LogP contribution in [0.4, 0.5) is 0 Å². The van der Waals surface area contributed by atoms with Crippen molar-refractivity contribution >= 4 is 15.7 Å². The third kappa shape index (κ3) is 2.77. The number of nitrogens with two attached hydrogens (primary N) is 1. The van der Waals surface area contributed by atoms with Crippen LogP contribution in [-0.2, 0) is 9.84 Å². The average Bonchev–Trinajstić information content (AvgIpc) is 2.38. The van der Waals surface area contributed by atoms with Crippen LogP contribution in [0.3, 0.4) is 0 Å². The lowest BCUT2D eigenvalue weighted by atomic mass is 10.1. The minimum atomic E-state index is -3.26. The number of carbonyl (C=O) groups is 1. The first kappa shape index (κ1) is 14.0. The monoisotopic (exact) mass is 292 g/mol. The SMILES string of the molecule is CS(=O)(=O)c1ccc(-c2c[nH]c(=O)c(C(N)=O)c2)cc1. The first-order chi connectivity index (χ1) is 9.29. The van der Waals surface area contributed by atoms with E-state index in [0.29, 0.717) is 11.1 Å². The molecule has 1 amide bonds. The van der Waals surface area contributed by atoms with Gasteiger partial charge in [-0.15, -0.1) is 0 Å². The second-order valence-electron chi connectivity index (χ2n) is 4.29. The van der Waals surface area contributed by atoms with Gasteiger partial charge in [-0.05, 0) is 29.3 Å². The van der Waals surface area contributed by atoms with Gasteiger partial charge in [0, 0.05) is 12.5 Å². The van der Waals surface area contributed by atoms with Gasteiger partial charge in [0.2, 0.25) is 0 Å². The fraction of sp³-hybridized carbons (Fsp3) is 0.0769. The molecule has 1 aromatic heterocycles. The minimum Gasteiger partial charge on any atom is -0.365 e. The number of hydrogen-bond acceptors (Lipinski definition) is 4. The van der Waals surface area contributed by atoms with Crippen LogP contribution in [-0.4, -0.2) is 25.6 Å². The molecule has 7 heteroatoms. The number of aromatic amines is 1. The molecule has 0 aliphatic rings. The van der Waals surface area contributed by atoms with Crippen LogP contribution in [0.1, 0.15) is 10.4 Å². The number of amides is 1. The molecular weight excluding hydrogens is 280 g/mol. The summed E-state index contributed by atoms with van der Waals surface area (Å²) in [4.78, 5) is 25.1. The normalized spacial score (nSPS) is 11.2. The standard InChI is InChI=1S/C13H12N2O4S/c1-20(18,19)10-4-2-8(3-5-10)9-6-11(12(14)16)13(17)15-7-9/h2-7H,1H3,(H2,14,16)(H,15,17). The highest BCUT2D eigenvalue weighted by atomic mass is 32.2. The number of sulfone groups is 1. The van der Waals surface area contributed by atoms with Crippen LogP contribution in [0.15, 0.2) is 46.2 Å². The lowest BCUT2D eigenvalue weighted by molar-refractivity contribution is 0.0999. The molecule has 2 rings (SSSR count). The Morgan fingerprint density at radius 3 is 2.25 bits per heavy atom. The number of pyridine rings is 1. The average molecular weight is 292 g/mol. The Bertz CT molecular complexity index is 820. The summed E-state index contributed by atoms with van der Waals surface area (Å²) in [6.45, 7) is 0. The molecule has 2 aromatic rings. The Morgan fingerprint density at radius 2 is 1.75 bits per heavy atom. The van der Waals surface area contributed by atoms with Crippen molar-refractivity contribution in [2.24, 2.45) is 5.73 Å². The molecule has 104 valence electrons. The van der Waals surface area contributed by atoms with Gasteiger partial charge in [-0.1, -0.05) is 12.1 Å². The largest absolute Gasteiger partial charge is 0.365 e. The maximum Gasteiger partial charge on any atom is 0.260 e. The number of benzene rings is 1. The maximum atomic E-state index is 11.4. The van der Waals surface area contributed by atoms with Gasteiger partial charge in [-0.25, -0.2) is 8.42 Å². The van der Waals surface area contributed by atoms with E-state index >= 15 is 0 Å². The van der Waals surface area contributed by atoms with Crippen molar-refractivity contribution in [1.82, 2.24) is 4.98 Å². The highest BCUT2D eigenvalue weighted by Crippen LogP contribution is 2.20. The summed E-state index contributed by atoms with van der Waals surface area (Å²) in [5.74, 6) is -0.819. The molecule has 20 heavy (non-hydrogen) atoms. The summed E-state index contributed by atoms with van der Waals surface area (Å²) >= 11 is 0. The fourth-order valence-corrected chi connectivity index (χ4v) is 2.36. The van der Waals surface area contributed by atoms with Crippen LogP contribution in [0.25, 0.3) is 11.1 Å². The fourth-order valence-electron chi connectivity index (χ4n) is 1.73. The predicted octanol–water partition coefficient (Wildman–Crippen LogP) is 0.544. The van der Waals surface area contributed by atoms with Gasteiger partial charge in [0.25, 0.3) is 11.5 Å². The second-order valence-corrected chi connectivity index (χ2v) is 6.31. The van der Waals surface area contributed by atoms with Crippen LogP contribution in [0.2, 0.25) is 0 Å². The number of primary amides is 1. The van der Waals surface area contributed by atoms with Crippen molar-refractivity contribution in [2.75, 3.05) is 6.26 Å². The van der Waals surface area contributed by atoms with E-state index < -0.39 is 21.3 Å². The summed E-state index contributed by atoms with van der Waals surface area (Å²) < 4.78 is 22.7. The molecule has 0 spiro atoms. The summed E-state index contributed by atoms with van der Waals surface area (Å²) in [6.07, 6.45) is 2.55. The van der Waals surface area contributed by atoms with E-state index in [2.05, 4.69) is 4.98 Å². The first-order valence-corrected chi connectivity index (χ1v) is 7.51. The van der Waals surface area contributed by atoms with E-state index in [4.69, 9.17) is 5.73 Å². The van der Waals surface area contributed by atoms with Crippen LogP contribution >= 0.6 is 0 Å². The number of aromatic nitrogens is 1. The first-order valence-electron chi connectivity index (χ1n) is 5.62. The number of hydrogen-bond donors (Lipinski definition) is 2. The van der Waals surface area contributed by atoms with Gasteiger partial charge < -0.3 is 10.7 Å². The highest BCUT2D eigenvalue weighted by Gasteiger charge is 2.10. The quantitative estimate of drug-likeness (QED) is 0.860. The molecule has 0 bridgehead atoms. The number of carbonyl (C=O) groups excluding carboxylic acids is 1. The third-order valence-electron chi connectivity index (χ3n) is 2.78. The van der Waals surface area contributed by atoms with Gasteiger partial charge in [0.1, 0.15) is 5.56 Å². The molecule has 0 unspecified atom stereocenters. The van der Waals surface area contributed by atoms with E-state index in [1.54, 1.807) is 12.1 Å². The Balaban J connectivity index is 2.50. The molecule has 1 heterocycles. The smallest absolute Gasteiger partial charge is 0.260 e. The Hall–Kier alpha value is -2.41. The summed E-state index contributed by atoms with van der Waals surface area (Å²) in [6, 6.07) is 7.47. The van der Waals surface area contributed by atoms with Gasteiger partial charge in [0.05, 0.1) is 4.90 Å². The Kier molecular flexibility index (Phi) is 3.46. The zero-order valence-electron chi connectivity index (χ0n) is 10.6. The molecular formula is C13H12N2O4S. The van der Waals surface area contributed by atoms with Gasteiger partial charge >= 0.3 is 0 Å². The molecule has 0 saturated carbocycles. The van der Waals surface area contributed by atoms with Gasteiger partial charge in [-0.2, -0.15) is 0 Å². The van der Waals surface area contributed by atoms with E-state index in [-0.39, 0.29) is 10.5 Å². The molecule has 0 aliphatic carbocycles. The second kappa shape index (κ2) is 4.93. The van der Waals surface area contributed by atoms with E-state index in [1.807, 2.05) is 0 Å². The van der Waals surface area contributed by atoms with E-state index in [1.165, 1.54) is 24.4 Å². The van der Waals surface area contributed by atoms with E-state index in [0.717, 1.165) is 6.26 Å². The van der Waals surface area contributed by atoms with Crippen LogP contribution in [0.5, 0.6) is 0 Å². The van der Waals surface area contributed by atoms with Crippen LogP contribution < -0.4 is 11.3 Å². The molecule has 3 N–H and O–H groups in total. The lowest BCUT2D eigenvalue weighted by Gasteiger charge is -2.04. The zero-order chi connectivity index (χ0) is 14.9. The lowest BCUT2D eigenvalue weighted by Crippen LogP contribution is -2.23. The van der Waals surface area contributed by atoms with Crippen LogP contribution in [0, 0.1) is 0 Å². The number of nitrogens with one attached hydrogen (secondary N) is 1. The molecule has 0 fully saturated rings. The molecule has 0 aliphatic heterocycles. The predicted molar refractivity (Wildman–Crippen MR) is 74.1 cm³/mol. The van der Waals surface area contributed by atoms with Crippen molar-refractivity contribution in [3.05, 3.63) is 52.4 Å². The highest BCUT2D eigenvalue weighted by molar-refractivity contribution is 7.90. The van der Waals surface area contributed by atoms with Crippen molar-refractivity contribution in [3.63, 3.8) is 0 Å². The Morgan fingerprint density at radius 1 is 1.15 bits per heavy atom. The van der Waals surface area contributed by atoms with Crippen molar-refractivity contribution < 1.29 is 13.2 Å². The third-order valence-corrected chi connectivity index (χ3v) is 3.91. The summed E-state index contributed by atoms with van der Waals surface area (Å²) in [5, 5.41) is 0. The van der Waals surface area contributed by atoms with Crippen molar-refractivity contribution in [3.8, 4) is 11.1 Å². The molecule has 1 aromatic carbocycles. The van der Waals surface area contributed by atoms with Crippen molar-refractivity contribution in [2.45, 2.75) is 4.90 Å². The molecule has 0 radical (unpaired) electrons. The Labute approximate surface area is 115 Å². The summed E-state index contributed by atoms with van der Waals surface area (Å²) in [7, 11) is -3.26. The zero-order valence-corrected chi connectivity index (χ0v) is 11.4. The summed E-state index contributed by atoms with van der Waals surface area (Å²) in [5.41, 5.74) is 5.63. The van der Waals surface area contributed by atoms with Gasteiger partial charge in [-0.3, -0.25) is 9.59 Å². The molecule has 6 nitrogen and oxygen atoms in total. The minimum absolute atomic E-state index is 0.144. The number of rotatable bonds is 3. The van der Waals surface area contributed by atoms with E-state index in [9.17, 15) is 18.0 Å². The number of H-pyrrole nitrogens is 1. The van der Waals surface area contributed by atoms with Crippen molar-refractivity contribution in [1.29, 1.82) is 0 Å². The molecule has 0 atom stereocenters. The molecule has 0 saturated heterocycles. The topological polar surface area (TPSA) is 110 Å².